The lowest BCUT2D eigenvalue weighted by Gasteiger charge is -2.09. The molecule has 96 valence electrons. The number of nitrogens with two attached hydrogens (primary N) is 1. The Labute approximate surface area is 109 Å². The summed E-state index contributed by atoms with van der Waals surface area (Å²) in [6, 6.07) is 5.60. The average Bonchev–Trinajstić information content (AvgIpc) is 2.72. The van der Waals surface area contributed by atoms with Crippen molar-refractivity contribution in [1.82, 2.24) is 4.98 Å². The molecule has 4 nitrogen and oxygen atoms in total. The monoisotopic (exact) mass is 264 g/mol. The van der Waals surface area contributed by atoms with E-state index in [4.69, 9.17) is 10.8 Å². The van der Waals surface area contributed by atoms with Crippen LogP contribution in [0.1, 0.15) is 36.3 Å². The third-order valence-corrected chi connectivity index (χ3v) is 4.20. The minimum atomic E-state index is -0.892. The molecule has 0 aliphatic rings. The van der Waals surface area contributed by atoms with Crippen LogP contribution in [0.25, 0.3) is 10.2 Å². The highest BCUT2D eigenvalue weighted by Crippen LogP contribution is 2.29. The standard InChI is InChI=1S/C13H16N2O2S/c1-7(2)12-15-10-5-8(3-4-11(10)18-12)9(6-14)13(16)17/h3-5,7,9H,6,14H2,1-2H3,(H,16,17). The fourth-order valence-corrected chi connectivity index (χ4v) is 2.76. The highest BCUT2D eigenvalue weighted by atomic mass is 32.1. The summed E-state index contributed by atoms with van der Waals surface area (Å²) in [5.41, 5.74) is 7.09. The maximum atomic E-state index is 11.1. The van der Waals surface area contributed by atoms with Gasteiger partial charge in [-0.3, -0.25) is 4.79 Å². The summed E-state index contributed by atoms with van der Waals surface area (Å²) in [4.78, 5) is 15.6. The van der Waals surface area contributed by atoms with Gasteiger partial charge in [0.15, 0.2) is 0 Å². The van der Waals surface area contributed by atoms with E-state index >= 15 is 0 Å². The molecule has 0 spiro atoms. The van der Waals surface area contributed by atoms with E-state index in [1.807, 2.05) is 18.2 Å². The summed E-state index contributed by atoms with van der Waals surface area (Å²) in [5.74, 6) is -1.16. The van der Waals surface area contributed by atoms with Crippen molar-refractivity contribution in [3.8, 4) is 0 Å². The van der Waals surface area contributed by atoms with Gasteiger partial charge in [0.2, 0.25) is 0 Å². The summed E-state index contributed by atoms with van der Waals surface area (Å²) in [6.07, 6.45) is 0. The molecule has 0 fully saturated rings. The van der Waals surface area contributed by atoms with Gasteiger partial charge in [-0.2, -0.15) is 0 Å². The lowest BCUT2D eigenvalue weighted by atomic mass is 9.99. The van der Waals surface area contributed by atoms with E-state index in [-0.39, 0.29) is 6.54 Å². The Morgan fingerprint density at radius 1 is 1.50 bits per heavy atom. The van der Waals surface area contributed by atoms with Crippen molar-refractivity contribution >= 4 is 27.5 Å². The van der Waals surface area contributed by atoms with E-state index < -0.39 is 11.9 Å². The first-order chi connectivity index (χ1) is 8.52. The minimum Gasteiger partial charge on any atom is -0.481 e. The number of aromatic nitrogens is 1. The van der Waals surface area contributed by atoms with Crippen LogP contribution in [0, 0.1) is 0 Å². The van der Waals surface area contributed by atoms with Crippen LogP contribution in [-0.2, 0) is 4.79 Å². The lowest BCUT2D eigenvalue weighted by molar-refractivity contribution is -0.138. The quantitative estimate of drug-likeness (QED) is 0.889. The van der Waals surface area contributed by atoms with Crippen LogP contribution >= 0.6 is 11.3 Å². The molecule has 18 heavy (non-hydrogen) atoms. The van der Waals surface area contributed by atoms with Gasteiger partial charge < -0.3 is 10.8 Å². The Balaban J connectivity index is 2.46. The number of carboxylic acid groups (broad SMARTS) is 1. The molecule has 5 heteroatoms. The molecular formula is C13H16N2O2S. The molecule has 1 aromatic heterocycles. The van der Waals surface area contributed by atoms with E-state index in [1.54, 1.807) is 11.3 Å². The van der Waals surface area contributed by atoms with Crippen molar-refractivity contribution < 1.29 is 9.90 Å². The van der Waals surface area contributed by atoms with Gasteiger partial charge in [-0.15, -0.1) is 11.3 Å². The van der Waals surface area contributed by atoms with Crippen molar-refractivity contribution in [2.24, 2.45) is 5.73 Å². The molecule has 2 rings (SSSR count). The summed E-state index contributed by atoms with van der Waals surface area (Å²) in [5, 5.41) is 10.2. The van der Waals surface area contributed by atoms with Crippen molar-refractivity contribution in [2.45, 2.75) is 25.7 Å². The molecule has 0 bridgehead atoms. The van der Waals surface area contributed by atoms with Gasteiger partial charge in [0.05, 0.1) is 21.1 Å². The molecule has 0 aliphatic heterocycles. The Morgan fingerprint density at radius 2 is 2.22 bits per heavy atom. The number of fused-ring (bicyclic) bond motifs is 1. The minimum absolute atomic E-state index is 0.0992. The lowest BCUT2D eigenvalue weighted by Crippen LogP contribution is -2.20. The normalized spacial score (nSPS) is 13.1. The van der Waals surface area contributed by atoms with Crippen LogP contribution in [0.4, 0.5) is 0 Å². The number of carboxylic acids is 1. The van der Waals surface area contributed by atoms with Gasteiger partial charge in [-0.25, -0.2) is 4.98 Å². The zero-order valence-corrected chi connectivity index (χ0v) is 11.2. The first-order valence-corrected chi connectivity index (χ1v) is 6.67. The van der Waals surface area contributed by atoms with Crippen LogP contribution in [0.5, 0.6) is 0 Å². The maximum Gasteiger partial charge on any atom is 0.312 e. The molecule has 1 heterocycles. The first kappa shape index (κ1) is 13.0. The van der Waals surface area contributed by atoms with Gasteiger partial charge >= 0.3 is 5.97 Å². The maximum absolute atomic E-state index is 11.1. The van der Waals surface area contributed by atoms with E-state index in [0.717, 1.165) is 20.8 Å². The molecule has 0 aliphatic carbocycles. The fraction of sp³-hybridized carbons (Fsp3) is 0.385. The van der Waals surface area contributed by atoms with Gasteiger partial charge in [-0.05, 0) is 17.7 Å². The molecular weight excluding hydrogens is 248 g/mol. The van der Waals surface area contributed by atoms with Crippen LogP contribution in [0.15, 0.2) is 18.2 Å². The number of hydrogen-bond acceptors (Lipinski definition) is 4. The molecule has 3 N–H and O–H groups in total. The van der Waals surface area contributed by atoms with E-state index in [2.05, 4.69) is 18.8 Å². The molecule has 1 atom stereocenters. The van der Waals surface area contributed by atoms with Crippen LogP contribution in [-0.4, -0.2) is 22.6 Å². The van der Waals surface area contributed by atoms with Gasteiger partial charge in [0, 0.05) is 12.5 Å². The first-order valence-electron chi connectivity index (χ1n) is 5.86. The van der Waals surface area contributed by atoms with Crippen LogP contribution in [0.2, 0.25) is 0 Å². The highest BCUT2D eigenvalue weighted by molar-refractivity contribution is 7.18. The number of aliphatic carboxylic acids is 1. The van der Waals surface area contributed by atoms with Crippen LogP contribution in [0.3, 0.4) is 0 Å². The number of carbonyl (C=O) groups is 1. The predicted octanol–water partition coefficient (Wildman–Crippen LogP) is 2.55. The summed E-state index contributed by atoms with van der Waals surface area (Å²) in [6.45, 7) is 4.29. The second-order valence-electron chi connectivity index (χ2n) is 4.56. The molecule has 1 aromatic carbocycles. The third kappa shape index (κ3) is 2.37. The van der Waals surface area contributed by atoms with Gasteiger partial charge in [0.1, 0.15) is 0 Å². The molecule has 0 radical (unpaired) electrons. The second-order valence-corrected chi connectivity index (χ2v) is 5.62. The Hall–Kier alpha value is -1.46. The van der Waals surface area contributed by atoms with Gasteiger partial charge in [-0.1, -0.05) is 19.9 Å². The Bertz CT molecular complexity index is 577. The Morgan fingerprint density at radius 3 is 2.78 bits per heavy atom. The van der Waals surface area contributed by atoms with Crippen molar-refractivity contribution in [3.63, 3.8) is 0 Å². The molecule has 2 aromatic rings. The number of hydrogen-bond donors (Lipinski definition) is 2. The second kappa shape index (κ2) is 5.04. The number of thiazole rings is 1. The topological polar surface area (TPSA) is 76.2 Å². The zero-order valence-electron chi connectivity index (χ0n) is 10.4. The van der Waals surface area contributed by atoms with Crippen LogP contribution < -0.4 is 5.73 Å². The smallest absolute Gasteiger partial charge is 0.312 e. The van der Waals surface area contributed by atoms with Crippen molar-refractivity contribution in [1.29, 1.82) is 0 Å². The third-order valence-electron chi connectivity index (χ3n) is 2.86. The summed E-state index contributed by atoms with van der Waals surface area (Å²) < 4.78 is 1.09. The summed E-state index contributed by atoms with van der Waals surface area (Å²) in [7, 11) is 0. The van der Waals surface area contributed by atoms with Gasteiger partial charge in [0.25, 0.3) is 0 Å². The van der Waals surface area contributed by atoms with Crippen molar-refractivity contribution in [3.05, 3.63) is 28.8 Å². The molecule has 1 unspecified atom stereocenters. The molecule has 0 amide bonds. The number of nitrogens with zero attached hydrogens (tertiary/aromatic N) is 1. The highest BCUT2D eigenvalue weighted by Gasteiger charge is 2.19. The predicted molar refractivity (Wildman–Crippen MR) is 73.1 cm³/mol. The Kier molecular flexibility index (Phi) is 3.63. The summed E-state index contributed by atoms with van der Waals surface area (Å²) >= 11 is 1.65. The zero-order chi connectivity index (χ0) is 13.3. The number of rotatable bonds is 4. The van der Waals surface area contributed by atoms with E-state index in [0.29, 0.717) is 5.92 Å². The molecule has 0 saturated heterocycles. The fourth-order valence-electron chi connectivity index (χ4n) is 1.81. The average molecular weight is 264 g/mol. The number of benzene rings is 1. The van der Waals surface area contributed by atoms with E-state index in [1.165, 1.54) is 0 Å². The van der Waals surface area contributed by atoms with Crippen molar-refractivity contribution in [2.75, 3.05) is 6.54 Å². The SMILES string of the molecule is CC(C)c1nc2cc(C(CN)C(=O)O)ccc2s1. The largest absolute Gasteiger partial charge is 0.481 e. The van der Waals surface area contributed by atoms with E-state index in [9.17, 15) is 4.79 Å². The molecule has 0 saturated carbocycles.